The van der Waals surface area contributed by atoms with Crippen molar-refractivity contribution in [1.82, 2.24) is 97.0 Å². The molecule has 0 radical (unpaired) electrons. The molecule has 0 saturated carbocycles. The van der Waals surface area contributed by atoms with Gasteiger partial charge < -0.3 is 78.0 Å². The SMILES string of the molecule is C[C@H](NC(=O)CNC(=O)[C@H](Cc1c[nH]cn1)NC(=O)[C@H](Cc1c[nH]cn1)NC(=O)[C@H](Cc1c[nH]cn1)NC(=O)[C@H](Cc1c[nH]cn1)NC(=O)[C@H](Cc1c[nH]cn1)NC(=O)[C@@H](N)Cc1c[nH]cn1)C(=O)O. The third kappa shape index (κ3) is 15.3. The lowest BCUT2D eigenvalue weighted by Crippen LogP contribution is -2.61. The van der Waals surface area contributed by atoms with Crippen molar-refractivity contribution in [2.75, 3.05) is 6.54 Å². The number of aromatic amines is 6. The molecule has 29 nitrogen and oxygen atoms in total. The zero-order valence-electron chi connectivity index (χ0n) is 37.4. The van der Waals surface area contributed by atoms with Crippen molar-refractivity contribution >= 4 is 47.3 Å². The lowest BCUT2D eigenvalue weighted by molar-refractivity contribution is -0.141. The van der Waals surface area contributed by atoms with E-state index in [1.165, 1.54) is 75.9 Å². The largest absolute Gasteiger partial charge is 0.480 e. The van der Waals surface area contributed by atoms with Gasteiger partial charge in [0.25, 0.3) is 0 Å². The summed E-state index contributed by atoms with van der Waals surface area (Å²) in [7, 11) is 0. The lowest BCUT2D eigenvalue weighted by atomic mass is 10.0. The molecular formula is C41H52N20O9. The van der Waals surface area contributed by atoms with Crippen molar-refractivity contribution in [2.45, 2.75) is 87.7 Å². The Morgan fingerprint density at radius 3 is 0.986 bits per heavy atom. The molecule has 0 aromatic carbocycles. The van der Waals surface area contributed by atoms with Gasteiger partial charge in [-0.05, 0) is 6.92 Å². The van der Waals surface area contributed by atoms with Crippen molar-refractivity contribution in [3.05, 3.63) is 109 Å². The van der Waals surface area contributed by atoms with E-state index < -0.39 is 96.2 Å². The summed E-state index contributed by atoms with van der Waals surface area (Å²) in [6, 6.07) is -9.34. The molecule has 6 heterocycles. The van der Waals surface area contributed by atoms with Gasteiger partial charge in [0.2, 0.25) is 41.4 Å². The lowest BCUT2D eigenvalue weighted by Gasteiger charge is -2.27. The van der Waals surface area contributed by atoms with Gasteiger partial charge >= 0.3 is 5.97 Å². The Labute approximate surface area is 396 Å². The summed E-state index contributed by atoms with van der Waals surface area (Å²) >= 11 is 0. The quantitative estimate of drug-likeness (QED) is 0.0230. The van der Waals surface area contributed by atoms with E-state index in [-0.39, 0.29) is 38.5 Å². The predicted molar refractivity (Wildman–Crippen MR) is 240 cm³/mol. The van der Waals surface area contributed by atoms with Crippen molar-refractivity contribution < 1.29 is 43.5 Å². The number of hydrogen-bond donors (Lipinski definition) is 15. The maximum Gasteiger partial charge on any atom is 0.325 e. The molecule has 0 aliphatic rings. The van der Waals surface area contributed by atoms with E-state index in [1.807, 2.05) is 0 Å². The molecule has 370 valence electrons. The number of carbonyl (C=O) groups is 8. The van der Waals surface area contributed by atoms with Crippen LogP contribution in [0.1, 0.15) is 41.1 Å². The van der Waals surface area contributed by atoms with E-state index in [0.717, 1.165) is 0 Å². The summed E-state index contributed by atoms with van der Waals surface area (Å²) in [4.78, 5) is 149. The van der Waals surface area contributed by atoms with Crippen LogP contribution >= 0.6 is 0 Å². The van der Waals surface area contributed by atoms with Gasteiger partial charge in [-0.15, -0.1) is 0 Å². The van der Waals surface area contributed by atoms with Crippen LogP contribution in [0.5, 0.6) is 0 Å². The van der Waals surface area contributed by atoms with Gasteiger partial charge in [0, 0.05) is 75.7 Å². The number of nitrogens with zero attached hydrogens (tertiary/aromatic N) is 6. The van der Waals surface area contributed by atoms with Crippen LogP contribution in [0.3, 0.4) is 0 Å². The molecular weight excluding hydrogens is 917 g/mol. The van der Waals surface area contributed by atoms with Crippen molar-refractivity contribution in [3.63, 3.8) is 0 Å². The maximum absolute atomic E-state index is 14.5. The fourth-order valence-electron chi connectivity index (χ4n) is 6.84. The average Bonchev–Trinajstić information content (AvgIpc) is 4.18. The number of aliphatic carboxylic acids is 1. The van der Waals surface area contributed by atoms with Crippen molar-refractivity contribution in [1.29, 1.82) is 0 Å². The number of nitrogens with one attached hydrogen (secondary N) is 13. The Hall–Kier alpha value is -9.02. The monoisotopic (exact) mass is 968 g/mol. The van der Waals surface area contributed by atoms with Gasteiger partial charge in [-0.2, -0.15) is 0 Å². The number of nitrogens with two attached hydrogens (primary N) is 1. The average molecular weight is 969 g/mol. The normalized spacial score (nSPS) is 14.1. The molecule has 70 heavy (non-hydrogen) atoms. The van der Waals surface area contributed by atoms with Gasteiger partial charge in [0.1, 0.15) is 36.3 Å². The third-order valence-electron chi connectivity index (χ3n) is 10.5. The summed E-state index contributed by atoms with van der Waals surface area (Å²) in [5.41, 5.74) is 8.45. The molecule has 7 amide bonds. The number of hydrogen-bond acceptors (Lipinski definition) is 15. The minimum Gasteiger partial charge on any atom is -0.480 e. The van der Waals surface area contributed by atoms with Crippen LogP contribution in [0.25, 0.3) is 0 Å². The molecule has 7 atom stereocenters. The summed E-state index contributed by atoms with van der Waals surface area (Å²) < 4.78 is 0. The first-order valence-corrected chi connectivity index (χ1v) is 21.6. The summed E-state index contributed by atoms with van der Waals surface area (Å²) in [6.07, 6.45) is 16.5. The number of carbonyl (C=O) groups excluding carboxylic acids is 7. The first-order valence-electron chi connectivity index (χ1n) is 21.6. The first kappa shape index (κ1) is 50.4. The van der Waals surface area contributed by atoms with Crippen LogP contribution in [-0.2, 0) is 76.9 Å². The number of amides is 7. The van der Waals surface area contributed by atoms with E-state index in [1.54, 1.807) is 6.20 Å². The van der Waals surface area contributed by atoms with Crippen LogP contribution < -0.4 is 43.0 Å². The number of H-pyrrole nitrogens is 6. The standard InChI is InChI=1S/C41H52N20O9/c1-21(41(69)70)56-34(62)14-49-36(64)29(3-23-9-44-16-51-23)58-38(66)31(5-25-11-46-18-53-25)60-40(68)33(7-27-13-48-20-55-27)61-39(67)32(6-26-12-47-19-54-26)59-37(65)30(4-24-10-45-17-52-24)57-35(63)28(42)2-22-8-43-15-50-22/h8-13,15-21,28-33H,2-7,14,42H2,1H3,(H,43,50)(H,44,51)(H,45,52)(H,46,53)(H,47,54)(H,48,55)(H,49,64)(H,56,62)(H,57,63)(H,58,66)(H,59,65)(H,60,68)(H,61,67)(H,69,70)/t21-,28-,29-,30-,31-,32-,33-/m0/s1. The Bertz CT molecular complexity index is 2600. The topological polar surface area (TPSA) is 439 Å². The smallest absolute Gasteiger partial charge is 0.325 e. The number of carboxylic acids is 1. The highest BCUT2D eigenvalue weighted by atomic mass is 16.4. The van der Waals surface area contributed by atoms with E-state index in [2.05, 4.69) is 97.0 Å². The second kappa shape index (κ2) is 24.7. The highest BCUT2D eigenvalue weighted by Gasteiger charge is 2.35. The highest BCUT2D eigenvalue weighted by molar-refractivity contribution is 5.97. The van der Waals surface area contributed by atoms with Crippen LogP contribution in [0.15, 0.2) is 75.1 Å². The Morgan fingerprint density at radius 2 is 0.714 bits per heavy atom. The molecule has 16 N–H and O–H groups in total. The van der Waals surface area contributed by atoms with E-state index in [0.29, 0.717) is 34.2 Å². The number of rotatable bonds is 27. The molecule has 0 spiro atoms. The first-order chi connectivity index (χ1) is 33.7. The summed E-state index contributed by atoms with van der Waals surface area (Å²) in [6.45, 7) is 0.610. The van der Waals surface area contributed by atoms with Gasteiger partial charge in [0.15, 0.2) is 0 Å². The molecule has 0 aliphatic heterocycles. The zero-order valence-corrected chi connectivity index (χ0v) is 37.4. The molecule has 0 unspecified atom stereocenters. The van der Waals surface area contributed by atoms with Gasteiger partial charge in [-0.25, -0.2) is 29.9 Å². The van der Waals surface area contributed by atoms with Crippen LogP contribution in [0.4, 0.5) is 0 Å². The molecule has 0 fully saturated rings. The Balaban J connectivity index is 1.21. The molecule has 6 aromatic heterocycles. The van der Waals surface area contributed by atoms with Crippen LogP contribution in [0, 0.1) is 0 Å². The number of carboxylic acid groups (broad SMARTS) is 1. The second-order valence-electron chi connectivity index (χ2n) is 15.8. The molecule has 6 rings (SSSR count). The van der Waals surface area contributed by atoms with Crippen LogP contribution in [-0.4, -0.2) is 161 Å². The highest BCUT2D eigenvalue weighted by Crippen LogP contribution is 2.09. The van der Waals surface area contributed by atoms with E-state index in [4.69, 9.17) is 10.8 Å². The molecule has 0 saturated heterocycles. The Kier molecular flexibility index (Phi) is 17.8. The predicted octanol–water partition coefficient (Wildman–Crippen LogP) is -4.76. The molecule has 6 aromatic rings. The number of imidazole rings is 6. The minimum absolute atomic E-state index is 0.0536. The third-order valence-corrected chi connectivity index (χ3v) is 10.5. The fourth-order valence-corrected chi connectivity index (χ4v) is 6.84. The van der Waals surface area contributed by atoms with E-state index in [9.17, 15) is 38.4 Å². The number of aromatic nitrogens is 12. The Morgan fingerprint density at radius 1 is 0.443 bits per heavy atom. The van der Waals surface area contributed by atoms with Crippen LogP contribution in [0.2, 0.25) is 0 Å². The molecule has 0 bridgehead atoms. The van der Waals surface area contributed by atoms with Crippen molar-refractivity contribution in [2.24, 2.45) is 5.73 Å². The van der Waals surface area contributed by atoms with E-state index >= 15 is 0 Å². The fraction of sp³-hybridized carbons (Fsp3) is 0.366. The minimum atomic E-state index is -1.46. The van der Waals surface area contributed by atoms with Gasteiger partial charge in [-0.3, -0.25) is 38.4 Å². The van der Waals surface area contributed by atoms with Crippen molar-refractivity contribution in [3.8, 4) is 0 Å². The zero-order chi connectivity index (χ0) is 50.0. The molecule has 0 aliphatic carbocycles. The maximum atomic E-state index is 14.5. The van der Waals surface area contributed by atoms with Gasteiger partial charge in [-0.1, -0.05) is 0 Å². The van der Waals surface area contributed by atoms with Gasteiger partial charge in [0.05, 0.1) is 84.7 Å². The summed E-state index contributed by atoms with van der Waals surface area (Å²) in [5, 5.41) is 27.1. The molecule has 29 heteroatoms. The second-order valence-corrected chi connectivity index (χ2v) is 15.8. The summed E-state index contributed by atoms with van der Waals surface area (Å²) in [5.74, 6) is -7.05.